The fraction of sp³-hybridized carbons (Fsp3) is 0.455. The van der Waals surface area contributed by atoms with Gasteiger partial charge in [-0.2, -0.15) is 0 Å². The van der Waals surface area contributed by atoms with E-state index in [1.165, 1.54) is 0 Å². The van der Waals surface area contributed by atoms with E-state index >= 15 is 0 Å². The molecule has 0 N–H and O–H groups in total. The molecule has 0 saturated heterocycles. The molecule has 4 aliphatic carbocycles. The summed E-state index contributed by atoms with van der Waals surface area (Å²) in [5, 5.41) is 0. The molecule has 6 atom stereocenters. The lowest BCUT2D eigenvalue weighted by molar-refractivity contribution is 0.532. The first kappa shape index (κ1) is 15.2. The highest BCUT2D eigenvalue weighted by molar-refractivity contribution is 6.80. The van der Waals surface area contributed by atoms with Crippen LogP contribution in [0.5, 0.6) is 0 Å². The summed E-state index contributed by atoms with van der Waals surface area (Å²) in [6, 6.07) is 0. The summed E-state index contributed by atoms with van der Waals surface area (Å²) >= 11 is 0. The maximum atomic E-state index is 2.67. The molecule has 4 aliphatic rings. The number of allylic oxidation sites excluding steroid dienone is 12. The van der Waals surface area contributed by atoms with Crippen molar-refractivity contribution in [3.8, 4) is 0 Å². The van der Waals surface area contributed by atoms with Gasteiger partial charge in [0.05, 0.1) is 8.07 Å². The van der Waals surface area contributed by atoms with E-state index in [0.717, 1.165) is 11.1 Å². The Morgan fingerprint density at radius 3 is 1.57 bits per heavy atom. The molecule has 0 bridgehead atoms. The first-order chi connectivity index (χ1) is 11.0. The third kappa shape index (κ3) is 2.24. The molecule has 23 heavy (non-hydrogen) atoms. The molecule has 0 heterocycles. The zero-order chi connectivity index (χ0) is 16.2. The molecule has 0 radical (unpaired) electrons. The quantitative estimate of drug-likeness (QED) is 0.541. The fourth-order valence-corrected chi connectivity index (χ4v) is 11.9. The Hall–Kier alpha value is -1.34. The van der Waals surface area contributed by atoms with E-state index in [0.29, 0.717) is 23.7 Å². The second kappa shape index (κ2) is 5.34. The van der Waals surface area contributed by atoms with E-state index in [2.05, 4.69) is 87.7 Å². The molecule has 0 aromatic rings. The highest BCUT2D eigenvalue weighted by Gasteiger charge is 2.52. The van der Waals surface area contributed by atoms with E-state index in [4.69, 9.17) is 0 Å². The minimum Gasteiger partial charge on any atom is -0.0778 e. The van der Waals surface area contributed by atoms with Crippen LogP contribution in [0.2, 0.25) is 24.2 Å². The Kier molecular flexibility index (Phi) is 3.53. The first-order valence-electron chi connectivity index (χ1n) is 9.13. The SMILES string of the molecule is CC1C=C2C=CC=CC2C1[Si](C)(C)C1C(C)C=C2C=CC=CC21. The highest BCUT2D eigenvalue weighted by atomic mass is 28.3. The second-order valence-corrected chi connectivity index (χ2v) is 13.4. The van der Waals surface area contributed by atoms with Gasteiger partial charge in [-0.3, -0.25) is 0 Å². The molecule has 0 saturated carbocycles. The van der Waals surface area contributed by atoms with Gasteiger partial charge in [0.25, 0.3) is 0 Å². The first-order valence-corrected chi connectivity index (χ1v) is 12.3. The minimum absolute atomic E-state index is 0.663. The van der Waals surface area contributed by atoms with E-state index in [1.807, 2.05) is 0 Å². The largest absolute Gasteiger partial charge is 0.0778 e. The average Bonchev–Trinajstić information content (AvgIpc) is 3.02. The van der Waals surface area contributed by atoms with Crippen molar-refractivity contribution in [1.82, 2.24) is 0 Å². The van der Waals surface area contributed by atoms with Crippen molar-refractivity contribution in [2.24, 2.45) is 23.7 Å². The predicted octanol–water partition coefficient (Wildman–Crippen LogP) is 6.07. The molecule has 0 aromatic carbocycles. The van der Waals surface area contributed by atoms with Gasteiger partial charge in [0.2, 0.25) is 0 Å². The molecule has 6 unspecified atom stereocenters. The van der Waals surface area contributed by atoms with Gasteiger partial charge in [-0.25, -0.2) is 0 Å². The number of rotatable bonds is 2. The zero-order valence-electron chi connectivity index (χ0n) is 14.7. The van der Waals surface area contributed by atoms with Gasteiger partial charge in [0, 0.05) is 11.8 Å². The normalized spacial score (nSPS) is 40.9. The van der Waals surface area contributed by atoms with Crippen LogP contribution in [0, 0.1) is 23.7 Å². The summed E-state index contributed by atoms with van der Waals surface area (Å²) in [5.74, 6) is 2.75. The maximum Gasteiger partial charge on any atom is 0.0566 e. The molecule has 0 nitrogen and oxygen atoms in total. The Labute approximate surface area is 142 Å². The van der Waals surface area contributed by atoms with E-state index in [1.54, 1.807) is 11.1 Å². The van der Waals surface area contributed by atoms with Crippen molar-refractivity contribution in [3.63, 3.8) is 0 Å². The zero-order valence-corrected chi connectivity index (χ0v) is 15.7. The van der Waals surface area contributed by atoms with Gasteiger partial charge < -0.3 is 0 Å². The smallest absolute Gasteiger partial charge is 0.0566 e. The Morgan fingerprint density at radius 1 is 0.696 bits per heavy atom. The Balaban J connectivity index is 1.68. The van der Waals surface area contributed by atoms with Crippen LogP contribution in [0.1, 0.15) is 13.8 Å². The van der Waals surface area contributed by atoms with Crippen molar-refractivity contribution in [1.29, 1.82) is 0 Å². The molecule has 4 rings (SSSR count). The van der Waals surface area contributed by atoms with Gasteiger partial charge in [-0.1, -0.05) is 87.7 Å². The third-order valence-electron chi connectivity index (χ3n) is 6.74. The van der Waals surface area contributed by atoms with Crippen LogP contribution in [-0.4, -0.2) is 8.07 Å². The molecule has 0 aromatic heterocycles. The number of hydrogen-bond donors (Lipinski definition) is 0. The van der Waals surface area contributed by atoms with E-state index in [9.17, 15) is 0 Å². The topological polar surface area (TPSA) is 0 Å². The van der Waals surface area contributed by atoms with Gasteiger partial charge in [0.1, 0.15) is 0 Å². The van der Waals surface area contributed by atoms with E-state index < -0.39 is 8.07 Å². The van der Waals surface area contributed by atoms with Crippen molar-refractivity contribution in [3.05, 3.63) is 71.9 Å². The predicted molar refractivity (Wildman–Crippen MR) is 103 cm³/mol. The standard InChI is InChI=1S/C22H28Si/c1-15-13-17-9-5-7-11-19(17)21(15)23(3,4)22-16(2)14-18-10-6-8-12-20(18)22/h5-16,19-22H,1-4H3. The fourth-order valence-electron chi connectivity index (χ4n) is 6.10. The Bertz CT molecular complexity index is 625. The summed E-state index contributed by atoms with van der Waals surface area (Å²) in [6.07, 6.45) is 23.7. The van der Waals surface area contributed by atoms with Gasteiger partial charge in [-0.05, 0) is 34.1 Å². The van der Waals surface area contributed by atoms with Crippen LogP contribution in [0.15, 0.2) is 71.9 Å². The monoisotopic (exact) mass is 320 g/mol. The van der Waals surface area contributed by atoms with Crippen molar-refractivity contribution >= 4 is 8.07 Å². The molecule has 1 heteroatoms. The highest BCUT2D eigenvalue weighted by Crippen LogP contribution is 2.58. The summed E-state index contributed by atoms with van der Waals surface area (Å²) in [6.45, 7) is 10.2. The van der Waals surface area contributed by atoms with Crippen LogP contribution >= 0.6 is 0 Å². The lowest BCUT2D eigenvalue weighted by Crippen LogP contribution is -2.45. The molecule has 0 fully saturated rings. The Morgan fingerprint density at radius 2 is 1.13 bits per heavy atom. The van der Waals surface area contributed by atoms with Crippen LogP contribution < -0.4 is 0 Å². The van der Waals surface area contributed by atoms with Crippen molar-refractivity contribution < 1.29 is 0 Å². The number of hydrogen-bond acceptors (Lipinski definition) is 0. The van der Waals surface area contributed by atoms with Crippen LogP contribution in [0.25, 0.3) is 0 Å². The maximum absolute atomic E-state index is 2.67. The lowest BCUT2D eigenvalue weighted by Gasteiger charge is -2.45. The number of fused-ring (bicyclic) bond motifs is 2. The molecule has 0 spiro atoms. The molecule has 0 aliphatic heterocycles. The van der Waals surface area contributed by atoms with E-state index in [-0.39, 0.29) is 0 Å². The summed E-state index contributed by atoms with van der Waals surface area (Å²) in [4.78, 5) is 0. The summed E-state index contributed by atoms with van der Waals surface area (Å²) < 4.78 is 0. The second-order valence-electron chi connectivity index (χ2n) is 8.46. The summed E-state index contributed by atoms with van der Waals surface area (Å²) in [5.41, 5.74) is 4.81. The van der Waals surface area contributed by atoms with Crippen molar-refractivity contribution in [2.45, 2.75) is 38.0 Å². The van der Waals surface area contributed by atoms with Crippen LogP contribution in [0.3, 0.4) is 0 Å². The molecular formula is C22H28Si. The van der Waals surface area contributed by atoms with Gasteiger partial charge >= 0.3 is 0 Å². The van der Waals surface area contributed by atoms with Gasteiger partial charge in [-0.15, -0.1) is 0 Å². The molecule has 120 valence electrons. The minimum atomic E-state index is -1.45. The van der Waals surface area contributed by atoms with Crippen LogP contribution in [-0.2, 0) is 0 Å². The van der Waals surface area contributed by atoms with Crippen LogP contribution in [0.4, 0.5) is 0 Å². The summed E-state index contributed by atoms with van der Waals surface area (Å²) in [7, 11) is -1.45. The van der Waals surface area contributed by atoms with Crippen molar-refractivity contribution in [2.75, 3.05) is 0 Å². The van der Waals surface area contributed by atoms with Gasteiger partial charge in [0.15, 0.2) is 0 Å². The average molecular weight is 321 g/mol. The molecular weight excluding hydrogens is 292 g/mol. The third-order valence-corrected chi connectivity index (χ3v) is 11.9. The molecule has 0 amide bonds. The lowest BCUT2D eigenvalue weighted by atomic mass is 9.94.